The molecular formula is C12H17NOS. The monoisotopic (exact) mass is 223 g/mol. The van der Waals surface area contributed by atoms with E-state index in [1.54, 1.807) is 0 Å². The van der Waals surface area contributed by atoms with Crippen molar-refractivity contribution in [3.63, 3.8) is 0 Å². The summed E-state index contributed by atoms with van der Waals surface area (Å²) in [5, 5.41) is 9.30. The summed E-state index contributed by atoms with van der Waals surface area (Å²) in [6, 6.07) is 6.73. The lowest BCUT2D eigenvalue weighted by atomic mass is 10.1. The van der Waals surface area contributed by atoms with Crippen molar-refractivity contribution in [3.05, 3.63) is 23.8 Å². The molecule has 0 aliphatic carbocycles. The normalized spacial score (nSPS) is 20.2. The Morgan fingerprint density at radius 1 is 1.53 bits per heavy atom. The van der Waals surface area contributed by atoms with E-state index in [0.717, 1.165) is 12.2 Å². The number of aliphatic hydroxyl groups is 1. The first-order valence-electron chi connectivity index (χ1n) is 5.36. The zero-order valence-electron chi connectivity index (χ0n) is 9.23. The minimum atomic E-state index is 0.237. The Balaban J connectivity index is 2.43. The SMILES string of the molecule is CCc1cccc2c1N(C)C(CO)CS2. The number of aryl methyl sites for hydroxylation is 1. The molecule has 1 heterocycles. The van der Waals surface area contributed by atoms with Crippen LogP contribution in [0.15, 0.2) is 23.1 Å². The molecule has 2 nitrogen and oxygen atoms in total. The number of nitrogens with zero attached hydrogens (tertiary/aromatic N) is 1. The number of hydrogen-bond donors (Lipinski definition) is 1. The van der Waals surface area contributed by atoms with Crippen molar-refractivity contribution in [1.82, 2.24) is 0 Å². The van der Waals surface area contributed by atoms with Crippen LogP contribution in [0.4, 0.5) is 5.69 Å². The van der Waals surface area contributed by atoms with Crippen molar-refractivity contribution >= 4 is 17.4 Å². The second-order valence-corrected chi connectivity index (χ2v) is 4.94. The van der Waals surface area contributed by atoms with Crippen LogP contribution in [-0.2, 0) is 6.42 Å². The summed E-state index contributed by atoms with van der Waals surface area (Å²) in [7, 11) is 2.08. The van der Waals surface area contributed by atoms with E-state index >= 15 is 0 Å². The molecule has 0 radical (unpaired) electrons. The summed E-state index contributed by atoms with van der Waals surface area (Å²) >= 11 is 1.85. The highest BCUT2D eigenvalue weighted by Crippen LogP contribution is 2.39. The van der Waals surface area contributed by atoms with E-state index in [1.165, 1.54) is 16.1 Å². The molecule has 82 valence electrons. The van der Waals surface area contributed by atoms with E-state index in [9.17, 15) is 5.11 Å². The molecule has 0 aromatic heterocycles. The number of para-hydroxylation sites is 1. The van der Waals surface area contributed by atoms with Gasteiger partial charge in [0.25, 0.3) is 0 Å². The number of rotatable bonds is 2. The van der Waals surface area contributed by atoms with Crippen LogP contribution in [0.25, 0.3) is 0 Å². The van der Waals surface area contributed by atoms with Gasteiger partial charge in [-0.1, -0.05) is 19.1 Å². The van der Waals surface area contributed by atoms with Crippen molar-refractivity contribution in [1.29, 1.82) is 0 Å². The molecular weight excluding hydrogens is 206 g/mol. The van der Waals surface area contributed by atoms with Gasteiger partial charge in [0, 0.05) is 17.7 Å². The molecule has 15 heavy (non-hydrogen) atoms. The van der Waals surface area contributed by atoms with Crippen LogP contribution in [0, 0.1) is 0 Å². The molecule has 1 aromatic carbocycles. The van der Waals surface area contributed by atoms with Crippen LogP contribution in [-0.4, -0.2) is 30.6 Å². The van der Waals surface area contributed by atoms with Gasteiger partial charge < -0.3 is 10.0 Å². The smallest absolute Gasteiger partial charge is 0.0643 e. The summed E-state index contributed by atoms with van der Waals surface area (Å²) in [5.41, 5.74) is 2.69. The van der Waals surface area contributed by atoms with Crippen LogP contribution in [0.5, 0.6) is 0 Å². The van der Waals surface area contributed by atoms with Crippen molar-refractivity contribution in [2.45, 2.75) is 24.3 Å². The standard InChI is InChI=1S/C12H17NOS/c1-3-9-5-4-6-11-12(9)13(2)10(7-14)8-15-11/h4-6,10,14H,3,7-8H2,1-2H3. The van der Waals surface area contributed by atoms with Gasteiger partial charge in [0.15, 0.2) is 0 Å². The molecule has 0 bridgehead atoms. The lowest BCUT2D eigenvalue weighted by Gasteiger charge is -2.36. The minimum Gasteiger partial charge on any atom is -0.394 e. The Labute approximate surface area is 95.3 Å². The van der Waals surface area contributed by atoms with Crippen molar-refractivity contribution < 1.29 is 5.11 Å². The first-order valence-corrected chi connectivity index (χ1v) is 6.34. The number of hydrogen-bond acceptors (Lipinski definition) is 3. The Kier molecular flexibility index (Phi) is 3.22. The topological polar surface area (TPSA) is 23.5 Å². The fourth-order valence-electron chi connectivity index (χ4n) is 2.03. The molecule has 1 aromatic rings. The lowest BCUT2D eigenvalue weighted by molar-refractivity contribution is 0.271. The Bertz CT molecular complexity index is 339. The first kappa shape index (κ1) is 10.8. The van der Waals surface area contributed by atoms with Gasteiger partial charge in [-0.3, -0.25) is 0 Å². The van der Waals surface area contributed by atoms with Gasteiger partial charge in [-0.15, -0.1) is 11.8 Å². The summed E-state index contributed by atoms with van der Waals surface area (Å²) in [5.74, 6) is 0.979. The summed E-state index contributed by atoms with van der Waals surface area (Å²) in [6.07, 6.45) is 1.05. The fourth-order valence-corrected chi connectivity index (χ4v) is 3.31. The highest BCUT2D eigenvalue weighted by Gasteiger charge is 2.24. The number of thioether (sulfide) groups is 1. The molecule has 1 N–H and O–H groups in total. The third-order valence-corrected chi connectivity index (χ3v) is 4.20. The van der Waals surface area contributed by atoms with Crippen molar-refractivity contribution in [2.24, 2.45) is 0 Å². The van der Waals surface area contributed by atoms with Crippen LogP contribution >= 0.6 is 11.8 Å². The Morgan fingerprint density at radius 3 is 3.00 bits per heavy atom. The molecule has 0 spiro atoms. The number of aliphatic hydroxyl groups excluding tert-OH is 1. The number of fused-ring (bicyclic) bond motifs is 1. The van der Waals surface area contributed by atoms with Crippen LogP contribution in [0.2, 0.25) is 0 Å². The van der Waals surface area contributed by atoms with Gasteiger partial charge >= 0.3 is 0 Å². The summed E-state index contributed by atoms with van der Waals surface area (Å²) < 4.78 is 0. The van der Waals surface area contributed by atoms with Gasteiger partial charge in [-0.2, -0.15) is 0 Å². The molecule has 0 saturated heterocycles. The summed E-state index contributed by atoms with van der Waals surface area (Å²) in [6.45, 7) is 2.41. The Hall–Kier alpha value is -0.670. The number of likely N-dealkylation sites (N-methyl/N-ethyl adjacent to an activating group) is 1. The highest BCUT2D eigenvalue weighted by atomic mass is 32.2. The first-order chi connectivity index (χ1) is 7.27. The van der Waals surface area contributed by atoms with Gasteiger partial charge in [-0.25, -0.2) is 0 Å². The maximum atomic E-state index is 9.30. The number of benzene rings is 1. The second kappa shape index (κ2) is 4.45. The molecule has 3 heteroatoms. The highest BCUT2D eigenvalue weighted by molar-refractivity contribution is 7.99. The fraction of sp³-hybridized carbons (Fsp3) is 0.500. The van der Waals surface area contributed by atoms with Crippen LogP contribution in [0.1, 0.15) is 12.5 Å². The lowest BCUT2D eigenvalue weighted by Crippen LogP contribution is -2.39. The van der Waals surface area contributed by atoms with Gasteiger partial charge in [-0.05, 0) is 18.1 Å². The van der Waals surface area contributed by atoms with E-state index < -0.39 is 0 Å². The molecule has 2 rings (SSSR count). The van der Waals surface area contributed by atoms with E-state index in [0.29, 0.717) is 0 Å². The average molecular weight is 223 g/mol. The Morgan fingerprint density at radius 2 is 2.33 bits per heavy atom. The molecule has 0 amide bonds. The van der Waals surface area contributed by atoms with E-state index in [1.807, 2.05) is 11.8 Å². The second-order valence-electron chi connectivity index (χ2n) is 3.88. The minimum absolute atomic E-state index is 0.237. The largest absolute Gasteiger partial charge is 0.394 e. The van der Waals surface area contributed by atoms with Gasteiger partial charge in [0.1, 0.15) is 0 Å². The van der Waals surface area contributed by atoms with Crippen molar-refractivity contribution in [3.8, 4) is 0 Å². The van der Waals surface area contributed by atoms with Crippen LogP contribution in [0.3, 0.4) is 0 Å². The maximum Gasteiger partial charge on any atom is 0.0643 e. The predicted octanol–water partition coefficient (Wildman–Crippen LogP) is 2.15. The molecule has 1 aliphatic heterocycles. The third-order valence-electron chi connectivity index (χ3n) is 3.01. The average Bonchev–Trinajstić information content (AvgIpc) is 2.29. The predicted molar refractivity (Wildman–Crippen MR) is 65.8 cm³/mol. The van der Waals surface area contributed by atoms with E-state index in [-0.39, 0.29) is 12.6 Å². The molecule has 1 aliphatic rings. The molecule has 0 saturated carbocycles. The van der Waals surface area contributed by atoms with Gasteiger partial charge in [0.2, 0.25) is 0 Å². The zero-order valence-corrected chi connectivity index (χ0v) is 10.0. The molecule has 1 atom stereocenters. The third kappa shape index (κ3) is 1.86. The maximum absolute atomic E-state index is 9.30. The van der Waals surface area contributed by atoms with Crippen LogP contribution < -0.4 is 4.90 Å². The zero-order chi connectivity index (χ0) is 10.8. The molecule has 1 unspecified atom stereocenters. The molecule has 0 fully saturated rings. The van der Waals surface area contributed by atoms with E-state index in [4.69, 9.17) is 0 Å². The van der Waals surface area contributed by atoms with Crippen molar-refractivity contribution in [2.75, 3.05) is 24.3 Å². The quantitative estimate of drug-likeness (QED) is 0.831. The number of anilines is 1. The van der Waals surface area contributed by atoms with E-state index in [2.05, 4.69) is 37.1 Å². The summed E-state index contributed by atoms with van der Waals surface area (Å²) in [4.78, 5) is 3.58. The van der Waals surface area contributed by atoms with Gasteiger partial charge in [0.05, 0.1) is 18.3 Å².